The zero-order valence-electron chi connectivity index (χ0n) is 8.70. The fraction of sp³-hybridized carbons (Fsp3) is 0.900. The lowest BCUT2D eigenvalue weighted by molar-refractivity contribution is -0.145. The summed E-state index contributed by atoms with van der Waals surface area (Å²) < 4.78 is 9.86. The lowest BCUT2D eigenvalue weighted by Crippen LogP contribution is -2.33. The second-order valence-electron chi connectivity index (χ2n) is 3.79. The highest BCUT2D eigenvalue weighted by Gasteiger charge is 2.22. The summed E-state index contributed by atoms with van der Waals surface area (Å²) in [6, 6.07) is -0.533. The quantitative estimate of drug-likeness (QED) is 0.616. The van der Waals surface area contributed by atoms with Gasteiger partial charge in [-0.25, -0.2) is 0 Å². The molecule has 0 radical (unpaired) electrons. The van der Waals surface area contributed by atoms with E-state index in [4.69, 9.17) is 15.2 Å². The Morgan fingerprint density at radius 2 is 2.21 bits per heavy atom. The predicted octanol–water partition coefficient (Wildman–Crippen LogP) is 0.693. The van der Waals surface area contributed by atoms with Crippen molar-refractivity contribution < 1.29 is 14.3 Å². The van der Waals surface area contributed by atoms with E-state index >= 15 is 0 Å². The van der Waals surface area contributed by atoms with Gasteiger partial charge in [-0.1, -0.05) is 12.8 Å². The average molecular weight is 201 g/mol. The second kappa shape index (κ2) is 5.98. The van der Waals surface area contributed by atoms with E-state index in [0.29, 0.717) is 19.6 Å². The lowest BCUT2D eigenvalue weighted by Gasteiger charge is -2.10. The fourth-order valence-corrected chi connectivity index (χ4v) is 1.20. The van der Waals surface area contributed by atoms with Crippen molar-refractivity contribution in [2.45, 2.75) is 31.7 Å². The molecule has 1 aliphatic rings. The van der Waals surface area contributed by atoms with E-state index in [-0.39, 0.29) is 5.97 Å². The molecule has 82 valence electrons. The van der Waals surface area contributed by atoms with E-state index in [1.807, 2.05) is 0 Å². The van der Waals surface area contributed by atoms with Crippen LogP contribution in [-0.2, 0) is 14.3 Å². The lowest BCUT2D eigenvalue weighted by atomic mass is 10.2. The van der Waals surface area contributed by atoms with Crippen molar-refractivity contribution in [1.82, 2.24) is 0 Å². The van der Waals surface area contributed by atoms with Gasteiger partial charge in [-0.2, -0.15) is 0 Å². The Morgan fingerprint density at radius 3 is 2.79 bits per heavy atom. The van der Waals surface area contributed by atoms with Gasteiger partial charge in [-0.15, -0.1) is 0 Å². The minimum atomic E-state index is -0.533. The number of rotatable bonds is 7. The topological polar surface area (TPSA) is 61.5 Å². The van der Waals surface area contributed by atoms with Crippen LogP contribution in [0.15, 0.2) is 0 Å². The highest BCUT2D eigenvalue weighted by molar-refractivity contribution is 5.75. The Balaban J connectivity index is 2.00. The molecule has 1 fully saturated rings. The maximum atomic E-state index is 11.2. The van der Waals surface area contributed by atoms with Crippen molar-refractivity contribution in [2.75, 3.05) is 20.3 Å². The van der Waals surface area contributed by atoms with Gasteiger partial charge in [0.15, 0.2) is 0 Å². The van der Waals surface area contributed by atoms with Crippen molar-refractivity contribution in [3.8, 4) is 0 Å². The van der Waals surface area contributed by atoms with Gasteiger partial charge in [0, 0.05) is 13.7 Å². The Bertz CT molecular complexity index is 180. The monoisotopic (exact) mass is 201 g/mol. The number of carbonyl (C=O) groups is 1. The predicted molar refractivity (Wildman–Crippen MR) is 52.8 cm³/mol. The molecule has 0 bridgehead atoms. The minimum Gasteiger partial charge on any atom is -0.465 e. The van der Waals surface area contributed by atoms with Gasteiger partial charge < -0.3 is 15.2 Å². The summed E-state index contributed by atoms with van der Waals surface area (Å²) in [7, 11) is 1.59. The van der Waals surface area contributed by atoms with Crippen LogP contribution in [0.5, 0.6) is 0 Å². The van der Waals surface area contributed by atoms with Crippen molar-refractivity contribution in [2.24, 2.45) is 11.7 Å². The van der Waals surface area contributed by atoms with E-state index in [0.717, 1.165) is 12.3 Å². The summed E-state index contributed by atoms with van der Waals surface area (Å²) in [6.07, 6.45) is 4.09. The summed E-state index contributed by atoms with van der Waals surface area (Å²) in [5.74, 6) is 0.487. The molecule has 4 heteroatoms. The Hall–Kier alpha value is -0.610. The highest BCUT2D eigenvalue weighted by atomic mass is 16.5. The molecule has 0 aromatic carbocycles. The van der Waals surface area contributed by atoms with Gasteiger partial charge in [0.1, 0.15) is 6.04 Å². The van der Waals surface area contributed by atoms with Gasteiger partial charge in [-0.3, -0.25) is 4.79 Å². The third-order valence-corrected chi connectivity index (χ3v) is 2.40. The number of ether oxygens (including phenoxy) is 2. The molecule has 1 aliphatic carbocycles. The standard InChI is InChI=1S/C10H19NO3/c1-13-6-5-9(11)10(12)14-7-4-8-2-3-8/h8-9H,2-7,11H2,1H3. The summed E-state index contributed by atoms with van der Waals surface area (Å²) in [4.78, 5) is 11.2. The molecule has 14 heavy (non-hydrogen) atoms. The summed E-state index contributed by atoms with van der Waals surface area (Å²) in [5, 5.41) is 0. The van der Waals surface area contributed by atoms with E-state index < -0.39 is 6.04 Å². The molecular formula is C10H19NO3. The number of carbonyl (C=O) groups excluding carboxylic acids is 1. The van der Waals surface area contributed by atoms with Crippen LogP contribution in [0.2, 0.25) is 0 Å². The summed E-state index contributed by atoms with van der Waals surface area (Å²) >= 11 is 0. The first kappa shape index (κ1) is 11.5. The van der Waals surface area contributed by atoms with Crippen LogP contribution in [0.4, 0.5) is 0 Å². The largest absolute Gasteiger partial charge is 0.465 e. The molecule has 0 aromatic heterocycles. The van der Waals surface area contributed by atoms with E-state index in [1.54, 1.807) is 7.11 Å². The first-order valence-electron chi connectivity index (χ1n) is 5.15. The van der Waals surface area contributed by atoms with Gasteiger partial charge in [-0.05, 0) is 18.8 Å². The second-order valence-corrected chi connectivity index (χ2v) is 3.79. The molecule has 1 unspecified atom stereocenters. The highest BCUT2D eigenvalue weighted by Crippen LogP contribution is 2.32. The number of esters is 1. The van der Waals surface area contributed by atoms with Gasteiger partial charge >= 0.3 is 5.97 Å². The Morgan fingerprint density at radius 1 is 1.50 bits per heavy atom. The Kier molecular flexibility index (Phi) is 4.90. The molecule has 2 N–H and O–H groups in total. The van der Waals surface area contributed by atoms with Crippen LogP contribution in [-0.4, -0.2) is 32.3 Å². The molecule has 1 atom stereocenters. The first-order chi connectivity index (χ1) is 6.74. The zero-order valence-corrected chi connectivity index (χ0v) is 8.70. The first-order valence-corrected chi connectivity index (χ1v) is 5.15. The molecule has 0 heterocycles. The molecular weight excluding hydrogens is 182 g/mol. The maximum absolute atomic E-state index is 11.2. The average Bonchev–Trinajstić information content (AvgIpc) is 2.97. The van der Waals surface area contributed by atoms with E-state index in [9.17, 15) is 4.79 Å². The maximum Gasteiger partial charge on any atom is 0.322 e. The molecule has 0 aliphatic heterocycles. The third kappa shape index (κ3) is 4.58. The molecule has 0 amide bonds. The normalized spacial score (nSPS) is 17.9. The van der Waals surface area contributed by atoms with Crippen LogP contribution < -0.4 is 5.73 Å². The van der Waals surface area contributed by atoms with Gasteiger partial charge in [0.05, 0.1) is 6.61 Å². The molecule has 1 rings (SSSR count). The third-order valence-electron chi connectivity index (χ3n) is 2.40. The van der Waals surface area contributed by atoms with Crippen LogP contribution in [0.1, 0.15) is 25.7 Å². The van der Waals surface area contributed by atoms with Crippen LogP contribution in [0, 0.1) is 5.92 Å². The molecule has 0 aromatic rings. The number of hydrogen-bond donors (Lipinski definition) is 1. The van der Waals surface area contributed by atoms with E-state index in [1.165, 1.54) is 12.8 Å². The SMILES string of the molecule is COCCC(N)C(=O)OCCC1CC1. The number of nitrogens with two attached hydrogens (primary N) is 1. The molecule has 1 saturated carbocycles. The molecule has 0 saturated heterocycles. The van der Waals surface area contributed by atoms with Crippen molar-refractivity contribution in [3.05, 3.63) is 0 Å². The van der Waals surface area contributed by atoms with Crippen LogP contribution >= 0.6 is 0 Å². The smallest absolute Gasteiger partial charge is 0.322 e. The van der Waals surface area contributed by atoms with Crippen LogP contribution in [0.25, 0.3) is 0 Å². The van der Waals surface area contributed by atoms with Crippen molar-refractivity contribution in [1.29, 1.82) is 0 Å². The number of methoxy groups -OCH3 is 1. The molecule has 0 spiro atoms. The number of hydrogen-bond acceptors (Lipinski definition) is 4. The van der Waals surface area contributed by atoms with E-state index in [2.05, 4.69) is 0 Å². The summed E-state index contributed by atoms with van der Waals surface area (Å²) in [5.41, 5.74) is 5.58. The van der Waals surface area contributed by atoms with Gasteiger partial charge in [0.2, 0.25) is 0 Å². The van der Waals surface area contributed by atoms with Crippen LogP contribution in [0.3, 0.4) is 0 Å². The Labute approximate surface area is 84.7 Å². The summed E-state index contributed by atoms with van der Waals surface area (Å²) in [6.45, 7) is 1.02. The minimum absolute atomic E-state index is 0.303. The van der Waals surface area contributed by atoms with Crippen molar-refractivity contribution in [3.63, 3.8) is 0 Å². The van der Waals surface area contributed by atoms with Gasteiger partial charge in [0.25, 0.3) is 0 Å². The van der Waals surface area contributed by atoms with Crippen molar-refractivity contribution >= 4 is 5.97 Å². The fourth-order valence-electron chi connectivity index (χ4n) is 1.20. The zero-order chi connectivity index (χ0) is 10.4. The molecule has 4 nitrogen and oxygen atoms in total.